The van der Waals surface area contributed by atoms with Crippen molar-refractivity contribution in [2.24, 2.45) is 0 Å². The molecule has 3 N–H and O–H groups in total. The first-order chi connectivity index (χ1) is 18.0. The van der Waals surface area contributed by atoms with Gasteiger partial charge in [0.2, 0.25) is 10.0 Å². The van der Waals surface area contributed by atoms with Crippen molar-refractivity contribution in [1.29, 1.82) is 0 Å². The SMILES string of the molecule is CCONC(=O)c1cnc(Nc2ncc(F)cc2F)cc1Nc1cc(F)c(C2CC2)cc1N(C)S(C)(=O)=O. The predicted molar refractivity (Wildman–Crippen MR) is 136 cm³/mol. The normalized spacial score (nSPS) is 13.2. The zero-order chi connectivity index (χ0) is 27.6. The van der Waals surface area contributed by atoms with Gasteiger partial charge in [-0.3, -0.25) is 13.9 Å². The van der Waals surface area contributed by atoms with E-state index in [1.54, 1.807) is 6.92 Å². The van der Waals surface area contributed by atoms with E-state index in [1.807, 2.05) is 0 Å². The van der Waals surface area contributed by atoms with Gasteiger partial charge < -0.3 is 10.6 Å². The second kappa shape index (κ2) is 10.8. The first-order valence-electron chi connectivity index (χ1n) is 11.5. The number of aromatic nitrogens is 2. The molecule has 1 saturated carbocycles. The van der Waals surface area contributed by atoms with Crippen molar-refractivity contribution < 1.29 is 31.2 Å². The Bertz CT molecular complexity index is 1480. The Balaban J connectivity index is 1.78. The van der Waals surface area contributed by atoms with Crippen molar-refractivity contribution in [3.8, 4) is 0 Å². The molecule has 0 saturated heterocycles. The number of carbonyl (C=O) groups excluding carboxylic acids is 1. The summed E-state index contributed by atoms with van der Waals surface area (Å²) >= 11 is 0. The van der Waals surface area contributed by atoms with Crippen LogP contribution < -0.4 is 20.4 Å². The average molecular weight is 551 g/mol. The molecule has 3 aromatic rings. The molecule has 2 heterocycles. The van der Waals surface area contributed by atoms with Gasteiger partial charge in [-0.25, -0.2) is 37.0 Å². The maximum Gasteiger partial charge on any atom is 0.278 e. The van der Waals surface area contributed by atoms with Gasteiger partial charge in [0, 0.05) is 25.4 Å². The van der Waals surface area contributed by atoms with Crippen LogP contribution in [0, 0.1) is 17.5 Å². The number of anilines is 5. The molecule has 10 nitrogen and oxygen atoms in total. The number of nitrogens with zero attached hydrogens (tertiary/aromatic N) is 3. The fourth-order valence-electron chi connectivity index (χ4n) is 3.60. The highest BCUT2D eigenvalue weighted by molar-refractivity contribution is 7.92. The summed E-state index contributed by atoms with van der Waals surface area (Å²) in [6, 6.07) is 4.57. The standard InChI is InChI=1S/C24H25F3N6O4S/c1-4-37-32-24(34)16-12-28-22(31-23-18(27)7-14(25)11-29-23)10-19(16)30-20-9-17(26)15(13-5-6-13)8-21(20)33(2)38(3,35)36/h7-13H,4-6H2,1-3H3,(H,32,34)(H2,28,29,30,31). The van der Waals surface area contributed by atoms with Crippen molar-refractivity contribution >= 4 is 44.6 Å². The highest BCUT2D eigenvalue weighted by atomic mass is 32.2. The molecule has 0 atom stereocenters. The molecular weight excluding hydrogens is 525 g/mol. The number of hydrogen-bond acceptors (Lipinski definition) is 8. The minimum Gasteiger partial charge on any atom is -0.353 e. The number of benzene rings is 1. The molecule has 0 spiro atoms. The van der Waals surface area contributed by atoms with E-state index in [0.29, 0.717) is 11.6 Å². The van der Waals surface area contributed by atoms with Crippen molar-refractivity contribution in [1.82, 2.24) is 15.4 Å². The maximum absolute atomic E-state index is 15.0. The zero-order valence-electron chi connectivity index (χ0n) is 20.7. The van der Waals surface area contributed by atoms with Gasteiger partial charge in [0.25, 0.3) is 5.91 Å². The summed E-state index contributed by atoms with van der Waals surface area (Å²) in [6.07, 6.45) is 4.56. The smallest absolute Gasteiger partial charge is 0.278 e. The molecule has 2 aromatic heterocycles. The van der Waals surface area contributed by atoms with Crippen LogP contribution in [0.3, 0.4) is 0 Å². The third-order valence-corrected chi connectivity index (χ3v) is 6.94. The van der Waals surface area contributed by atoms with Crippen LogP contribution in [0.25, 0.3) is 0 Å². The first kappa shape index (κ1) is 27.1. The molecule has 1 amide bonds. The van der Waals surface area contributed by atoms with E-state index in [0.717, 1.165) is 41.9 Å². The van der Waals surface area contributed by atoms with Gasteiger partial charge >= 0.3 is 0 Å². The van der Waals surface area contributed by atoms with Crippen molar-refractivity contribution in [3.63, 3.8) is 0 Å². The second-order valence-electron chi connectivity index (χ2n) is 8.61. The molecule has 0 unspecified atom stereocenters. The van der Waals surface area contributed by atoms with Gasteiger partial charge in [-0.1, -0.05) is 0 Å². The lowest BCUT2D eigenvalue weighted by atomic mass is 10.1. The van der Waals surface area contributed by atoms with Crippen LogP contribution in [0.2, 0.25) is 0 Å². The van der Waals surface area contributed by atoms with E-state index in [9.17, 15) is 22.0 Å². The number of carbonyl (C=O) groups is 1. The van der Waals surface area contributed by atoms with E-state index in [1.165, 1.54) is 19.2 Å². The Morgan fingerprint density at radius 1 is 1.05 bits per heavy atom. The summed E-state index contributed by atoms with van der Waals surface area (Å²) in [4.78, 5) is 25.4. The molecule has 202 valence electrons. The lowest BCUT2D eigenvalue weighted by Gasteiger charge is -2.23. The number of amides is 1. The number of rotatable bonds is 10. The van der Waals surface area contributed by atoms with Gasteiger partial charge in [0.05, 0.1) is 41.7 Å². The number of pyridine rings is 2. The number of halogens is 3. The van der Waals surface area contributed by atoms with E-state index >= 15 is 4.39 Å². The second-order valence-corrected chi connectivity index (χ2v) is 10.6. The number of hydroxylamine groups is 1. The fourth-order valence-corrected chi connectivity index (χ4v) is 4.11. The molecule has 0 radical (unpaired) electrons. The highest BCUT2D eigenvalue weighted by Gasteiger charge is 2.29. The summed E-state index contributed by atoms with van der Waals surface area (Å²) in [7, 11) is -2.41. The van der Waals surface area contributed by atoms with Gasteiger partial charge in [-0.15, -0.1) is 0 Å². The summed E-state index contributed by atoms with van der Waals surface area (Å²) in [6.45, 7) is 1.83. The third kappa shape index (κ3) is 6.14. The predicted octanol–water partition coefficient (Wildman–Crippen LogP) is 4.34. The fraction of sp³-hybridized carbons (Fsp3) is 0.292. The molecule has 0 aliphatic heterocycles. The number of nitrogens with one attached hydrogen (secondary N) is 3. The number of hydrogen-bond donors (Lipinski definition) is 3. The molecule has 1 fully saturated rings. The summed E-state index contributed by atoms with van der Waals surface area (Å²) < 4.78 is 68.1. The van der Waals surface area contributed by atoms with Crippen LogP contribution in [0.1, 0.15) is 41.6 Å². The first-order valence-corrected chi connectivity index (χ1v) is 13.4. The average Bonchev–Trinajstić information content (AvgIpc) is 3.69. The lowest BCUT2D eigenvalue weighted by Crippen LogP contribution is -2.26. The molecule has 1 aromatic carbocycles. The largest absolute Gasteiger partial charge is 0.353 e. The topological polar surface area (TPSA) is 126 Å². The Morgan fingerprint density at radius 3 is 2.42 bits per heavy atom. The van der Waals surface area contributed by atoms with E-state index in [4.69, 9.17) is 4.84 Å². The van der Waals surface area contributed by atoms with Crippen molar-refractivity contribution in [3.05, 3.63) is 65.2 Å². The van der Waals surface area contributed by atoms with Crippen LogP contribution in [-0.4, -0.2) is 44.2 Å². The van der Waals surface area contributed by atoms with Crippen LogP contribution in [0.4, 0.5) is 41.9 Å². The molecule has 1 aliphatic rings. The summed E-state index contributed by atoms with van der Waals surface area (Å²) in [5, 5.41) is 5.51. The van der Waals surface area contributed by atoms with Gasteiger partial charge in [-0.2, -0.15) is 0 Å². The maximum atomic E-state index is 15.0. The van der Waals surface area contributed by atoms with Crippen LogP contribution >= 0.6 is 0 Å². The minimum atomic E-state index is -3.73. The molecule has 0 bridgehead atoms. The molecule has 38 heavy (non-hydrogen) atoms. The van der Waals surface area contributed by atoms with Gasteiger partial charge in [-0.05, 0) is 43.4 Å². The summed E-state index contributed by atoms with van der Waals surface area (Å²) in [5.41, 5.74) is 2.85. The Morgan fingerprint density at radius 2 is 1.79 bits per heavy atom. The molecule has 14 heteroatoms. The third-order valence-electron chi connectivity index (χ3n) is 5.75. The van der Waals surface area contributed by atoms with Crippen LogP contribution in [0.15, 0.2) is 36.7 Å². The van der Waals surface area contributed by atoms with Crippen molar-refractivity contribution in [2.45, 2.75) is 25.7 Å². The summed E-state index contributed by atoms with van der Waals surface area (Å²) in [5.74, 6) is -3.41. The molecule has 4 rings (SSSR count). The van der Waals surface area contributed by atoms with Crippen LogP contribution in [-0.2, 0) is 14.9 Å². The monoisotopic (exact) mass is 550 g/mol. The minimum absolute atomic E-state index is 0.00174. The Kier molecular flexibility index (Phi) is 7.73. The van der Waals surface area contributed by atoms with Gasteiger partial charge in [0.15, 0.2) is 11.6 Å². The quantitative estimate of drug-likeness (QED) is 0.319. The lowest BCUT2D eigenvalue weighted by molar-refractivity contribution is 0.0365. The highest BCUT2D eigenvalue weighted by Crippen LogP contribution is 2.45. The number of sulfonamides is 1. The molecule has 1 aliphatic carbocycles. The van der Waals surface area contributed by atoms with E-state index in [2.05, 4.69) is 26.1 Å². The Hall–Kier alpha value is -3.91. The van der Waals surface area contributed by atoms with Gasteiger partial charge in [0.1, 0.15) is 17.5 Å². The van der Waals surface area contributed by atoms with Crippen molar-refractivity contribution in [2.75, 3.05) is 34.8 Å². The molecular formula is C24H25F3N6O4S. The van der Waals surface area contributed by atoms with Crippen LogP contribution in [0.5, 0.6) is 0 Å². The zero-order valence-corrected chi connectivity index (χ0v) is 21.5. The Labute approximate surface area is 217 Å². The van der Waals surface area contributed by atoms with E-state index in [-0.39, 0.29) is 46.8 Å². The van der Waals surface area contributed by atoms with E-state index < -0.39 is 33.4 Å².